The van der Waals surface area contributed by atoms with Crippen LogP contribution in [0.2, 0.25) is 5.02 Å². The number of carbonyl (C=O) groups excluding carboxylic acids is 1. The Bertz CT molecular complexity index is 1160. The predicted octanol–water partition coefficient (Wildman–Crippen LogP) is 5.24. The van der Waals surface area contributed by atoms with E-state index in [1.165, 1.54) is 37.3 Å². The van der Waals surface area contributed by atoms with Gasteiger partial charge in [0, 0.05) is 10.9 Å². The van der Waals surface area contributed by atoms with Crippen molar-refractivity contribution in [3.05, 3.63) is 70.8 Å². The third-order valence-corrected chi connectivity index (χ3v) is 9.09. The molecule has 2 aromatic carbocycles. The highest BCUT2D eigenvalue weighted by atomic mass is 35.5. The summed E-state index contributed by atoms with van der Waals surface area (Å²) in [5.41, 5.74) is -0.264. The van der Waals surface area contributed by atoms with Gasteiger partial charge in [-0.2, -0.15) is 0 Å². The average Bonchev–Trinajstić information content (AvgIpc) is 2.74. The maximum atomic E-state index is 15.2. The molecule has 0 radical (unpaired) electrons. The molecule has 0 saturated heterocycles. The second kappa shape index (κ2) is 8.02. The molecule has 1 aliphatic carbocycles. The van der Waals surface area contributed by atoms with Crippen LogP contribution >= 0.6 is 11.6 Å². The highest BCUT2D eigenvalue weighted by Crippen LogP contribution is 2.58. The number of rotatable bonds is 4. The Balaban J connectivity index is 2.00. The number of hydrogen-bond donors (Lipinski definition) is 0. The van der Waals surface area contributed by atoms with Gasteiger partial charge in [-0.25, -0.2) is 17.2 Å². The molecule has 4 rings (SSSR count). The molecule has 0 amide bonds. The van der Waals surface area contributed by atoms with E-state index in [0.29, 0.717) is 17.9 Å². The summed E-state index contributed by atoms with van der Waals surface area (Å²) in [6, 6.07) is 7.55. The monoisotopic (exact) mass is 466 g/mol. The third-order valence-electron chi connectivity index (χ3n) is 6.27. The molecule has 2 aliphatic rings. The van der Waals surface area contributed by atoms with Gasteiger partial charge in [-0.1, -0.05) is 24.1 Å². The highest BCUT2D eigenvalue weighted by Gasteiger charge is 2.60. The summed E-state index contributed by atoms with van der Waals surface area (Å²) < 4.78 is 61.9. The van der Waals surface area contributed by atoms with E-state index in [-0.39, 0.29) is 40.9 Å². The Morgan fingerprint density at radius 3 is 2.52 bits per heavy atom. The minimum atomic E-state index is -4.19. The van der Waals surface area contributed by atoms with Crippen LogP contribution in [0.4, 0.5) is 8.78 Å². The van der Waals surface area contributed by atoms with Gasteiger partial charge >= 0.3 is 0 Å². The van der Waals surface area contributed by atoms with Crippen LogP contribution in [0.5, 0.6) is 5.75 Å². The summed E-state index contributed by atoms with van der Waals surface area (Å²) in [7, 11) is -4.19. The Morgan fingerprint density at radius 1 is 1.16 bits per heavy atom. The maximum absolute atomic E-state index is 15.2. The molecule has 0 bridgehead atoms. The number of fused-ring (bicyclic) bond motifs is 3. The fourth-order valence-electron chi connectivity index (χ4n) is 4.92. The number of ether oxygens (including phenoxy) is 1. The summed E-state index contributed by atoms with van der Waals surface area (Å²) in [5.74, 6) is -3.20. The Labute approximate surface area is 184 Å². The van der Waals surface area contributed by atoms with Gasteiger partial charge < -0.3 is 4.74 Å². The van der Waals surface area contributed by atoms with Crippen molar-refractivity contribution in [2.45, 2.75) is 35.8 Å². The lowest BCUT2D eigenvalue weighted by Gasteiger charge is -2.49. The largest absolute Gasteiger partial charge is 0.490 e. The lowest BCUT2D eigenvalue weighted by molar-refractivity contribution is -0.112. The quantitative estimate of drug-likeness (QED) is 0.578. The molecule has 0 spiro atoms. The number of ketones is 1. The topological polar surface area (TPSA) is 60.4 Å². The Kier molecular flexibility index (Phi) is 5.68. The zero-order valence-corrected chi connectivity index (χ0v) is 18.3. The fourth-order valence-corrected chi connectivity index (χ4v) is 7.48. The van der Waals surface area contributed by atoms with Crippen molar-refractivity contribution in [2.75, 3.05) is 6.61 Å². The first kappa shape index (κ1) is 22.0. The Hall–Kier alpha value is -2.25. The zero-order valence-electron chi connectivity index (χ0n) is 16.8. The van der Waals surface area contributed by atoms with Gasteiger partial charge in [-0.05, 0) is 68.2 Å². The Morgan fingerprint density at radius 2 is 1.84 bits per heavy atom. The van der Waals surface area contributed by atoms with Crippen molar-refractivity contribution in [3.63, 3.8) is 0 Å². The zero-order chi connectivity index (χ0) is 22.4. The molecule has 0 unspecified atom stereocenters. The van der Waals surface area contributed by atoms with Crippen LogP contribution in [-0.2, 0) is 19.4 Å². The standard InChI is InChI=1S/C23H21ClF2O4S/c1-14(27)4-5-15-3-2-12-23(31(28,29)17-8-6-16(24)7-9-17)18(15)13-30-22-20(26)11-10-19(25)21(22)23/h4-11,15,18H,2-3,12-13H2,1H3/t15-,18-,23-/m0/s1. The van der Waals surface area contributed by atoms with Gasteiger partial charge in [0.25, 0.3) is 0 Å². The van der Waals surface area contributed by atoms with Crippen LogP contribution in [0.15, 0.2) is 53.4 Å². The minimum absolute atomic E-state index is 0.0189. The SMILES string of the molecule is CC(=O)C=C[C@@H]1CCC[C@@]2(S(=O)(=O)c3ccc(Cl)cc3)c3c(F)ccc(F)c3OC[C@@H]12. The molecule has 4 nitrogen and oxygen atoms in total. The minimum Gasteiger partial charge on any atom is -0.490 e. The second-order valence-corrected chi connectivity index (χ2v) is 10.7. The molecule has 2 aromatic rings. The lowest BCUT2D eigenvalue weighted by atomic mass is 9.67. The highest BCUT2D eigenvalue weighted by molar-refractivity contribution is 7.92. The molecular formula is C23H21ClF2O4S. The van der Waals surface area contributed by atoms with Crippen LogP contribution in [0, 0.1) is 23.5 Å². The molecule has 1 aliphatic heterocycles. The van der Waals surface area contributed by atoms with Crippen molar-refractivity contribution in [1.82, 2.24) is 0 Å². The first-order valence-corrected chi connectivity index (χ1v) is 11.8. The smallest absolute Gasteiger partial charge is 0.188 e. The first-order valence-electron chi connectivity index (χ1n) is 9.98. The number of carbonyl (C=O) groups is 1. The molecule has 8 heteroatoms. The molecule has 1 saturated carbocycles. The van der Waals surface area contributed by atoms with Crippen LogP contribution in [0.25, 0.3) is 0 Å². The molecule has 31 heavy (non-hydrogen) atoms. The van der Waals surface area contributed by atoms with Crippen molar-refractivity contribution in [1.29, 1.82) is 0 Å². The van der Waals surface area contributed by atoms with E-state index in [0.717, 1.165) is 12.1 Å². The van der Waals surface area contributed by atoms with E-state index >= 15 is 4.39 Å². The van der Waals surface area contributed by atoms with Crippen LogP contribution < -0.4 is 4.74 Å². The summed E-state index contributed by atoms with van der Waals surface area (Å²) in [5, 5.41) is 0.364. The molecule has 164 valence electrons. The fraction of sp³-hybridized carbons (Fsp3) is 0.348. The van der Waals surface area contributed by atoms with Crippen molar-refractivity contribution in [2.24, 2.45) is 11.8 Å². The van der Waals surface area contributed by atoms with E-state index in [2.05, 4.69) is 0 Å². The molecule has 0 aromatic heterocycles. The van der Waals surface area contributed by atoms with Crippen molar-refractivity contribution >= 4 is 27.2 Å². The van der Waals surface area contributed by atoms with Gasteiger partial charge in [0.15, 0.2) is 27.2 Å². The van der Waals surface area contributed by atoms with E-state index in [4.69, 9.17) is 16.3 Å². The van der Waals surface area contributed by atoms with E-state index < -0.39 is 32.1 Å². The van der Waals surface area contributed by atoms with E-state index in [9.17, 15) is 17.6 Å². The second-order valence-electron chi connectivity index (χ2n) is 8.02. The number of allylic oxidation sites excluding steroid dienone is 2. The van der Waals surface area contributed by atoms with Crippen LogP contribution in [0.3, 0.4) is 0 Å². The molecule has 1 fully saturated rings. The average molecular weight is 467 g/mol. The summed E-state index contributed by atoms with van der Waals surface area (Å²) in [6.07, 6.45) is 4.26. The van der Waals surface area contributed by atoms with Gasteiger partial charge in [0.2, 0.25) is 0 Å². The van der Waals surface area contributed by atoms with Crippen LogP contribution in [-0.4, -0.2) is 20.8 Å². The number of benzene rings is 2. The van der Waals surface area contributed by atoms with Crippen molar-refractivity contribution in [3.8, 4) is 5.75 Å². The molecule has 3 atom stereocenters. The van der Waals surface area contributed by atoms with Gasteiger partial charge in [0.05, 0.1) is 17.1 Å². The summed E-state index contributed by atoms with van der Waals surface area (Å²) >= 11 is 5.94. The number of halogens is 3. The normalized spacial score (nSPS) is 25.5. The third kappa shape index (κ3) is 3.48. The first-order chi connectivity index (χ1) is 14.7. The van der Waals surface area contributed by atoms with E-state index in [1.54, 1.807) is 6.08 Å². The maximum Gasteiger partial charge on any atom is 0.188 e. The number of hydrogen-bond acceptors (Lipinski definition) is 4. The van der Waals surface area contributed by atoms with E-state index in [1.807, 2.05) is 0 Å². The summed E-state index contributed by atoms with van der Waals surface area (Å²) in [4.78, 5) is 11.5. The predicted molar refractivity (Wildman–Crippen MR) is 113 cm³/mol. The van der Waals surface area contributed by atoms with Gasteiger partial charge in [-0.15, -0.1) is 0 Å². The van der Waals surface area contributed by atoms with Gasteiger partial charge in [0.1, 0.15) is 10.6 Å². The molecule has 1 heterocycles. The molecule has 0 N–H and O–H groups in total. The van der Waals surface area contributed by atoms with Gasteiger partial charge in [-0.3, -0.25) is 4.79 Å². The number of sulfone groups is 1. The van der Waals surface area contributed by atoms with Crippen LogP contribution in [0.1, 0.15) is 31.7 Å². The lowest BCUT2D eigenvalue weighted by Crippen LogP contribution is -2.53. The summed E-state index contributed by atoms with van der Waals surface area (Å²) in [6.45, 7) is 1.30. The molecular weight excluding hydrogens is 446 g/mol. The van der Waals surface area contributed by atoms with Crippen molar-refractivity contribution < 1.29 is 26.7 Å².